The van der Waals surface area contributed by atoms with E-state index in [0.717, 1.165) is 0 Å². The molecule has 20 heavy (non-hydrogen) atoms. The van der Waals surface area contributed by atoms with E-state index < -0.39 is 0 Å². The van der Waals surface area contributed by atoms with Crippen LogP contribution >= 0.6 is 0 Å². The van der Waals surface area contributed by atoms with E-state index in [9.17, 15) is 4.79 Å². The lowest BCUT2D eigenvalue weighted by atomic mass is 9.97. The summed E-state index contributed by atoms with van der Waals surface area (Å²) in [5.41, 5.74) is 0. The molecule has 0 bridgehead atoms. The molecule has 0 aliphatic carbocycles. The van der Waals surface area contributed by atoms with E-state index >= 15 is 0 Å². The van der Waals surface area contributed by atoms with E-state index in [1.165, 1.54) is 0 Å². The first kappa shape index (κ1) is 14.9. The summed E-state index contributed by atoms with van der Waals surface area (Å²) in [4.78, 5) is 18.2. The topological polar surface area (TPSA) is 77.7 Å². The minimum Gasteiger partial charge on any atom is -0.384 e. The molecule has 0 radical (unpaired) electrons. The molecule has 0 saturated carbocycles. The molecule has 1 aliphatic rings. The van der Waals surface area contributed by atoms with Gasteiger partial charge < -0.3 is 18.9 Å². The number of amides is 1. The maximum absolute atomic E-state index is 12.1. The molecule has 0 spiro atoms. The second-order valence-corrected chi connectivity index (χ2v) is 5.04. The van der Waals surface area contributed by atoms with Crippen LogP contribution in [0.4, 0.5) is 0 Å². The van der Waals surface area contributed by atoms with Crippen molar-refractivity contribution in [2.45, 2.75) is 19.3 Å². The van der Waals surface area contributed by atoms with Gasteiger partial charge in [-0.05, 0) is 6.92 Å². The number of nitrogens with zero attached hydrogens (tertiary/aromatic N) is 3. The van der Waals surface area contributed by atoms with Crippen molar-refractivity contribution in [1.29, 1.82) is 0 Å². The Kier molecular flexibility index (Phi) is 5.08. The lowest BCUT2D eigenvalue weighted by Gasteiger charge is -2.15. The SMILES string of the molecule is COCCC(=O)N1C[C@@H](COC)[C@H](c2nc(C)no2)C1. The number of hydrogen-bond donors (Lipinski definition) is 0. The summed E-state index contributed by atoms with van der Waals surface area (Å²) in [5.74, 6) is 1.52. The van der Waals surface area contributed by atoms with Crippen molar-refractivity contribution in [3.63, 3.8) is 0 Å². The van der Waals surface area contributed by atoms with Crippen LogP contribution in [-0.4, -0.2) is 61.5 Å². The minimum atomic E-state index is 0.0441. The molecule has 1 aliphatic heterocycles. The number of ether oxygens (including phenoxy) is 2. The highest BCUT2D eigenvalue weighted by Crippen LogP contribution is 2.32. The van der Waals surface area contributed by atoms with Crippen molar-refractivity contribution in [1.82, 2.24) is 15.0 Å². The van der Waals surface area contributed by atoms with Gasteiger partial charge in [-0.3, -0.25) is 4.79 Å². The Balaban J connectivity index is 2.05. The predicted octanol–water partition coefficient (Wildman–Crippen LogP) is 0.603. The molecular weight excluding hydrogens is 262 g/mol. The van der Waals surface area contributed by atoms with Crippen molar-refractivity contribution in [3.8, 4) is 0 Å². The largest absolute Gasteiger partial charge is 0.384 e. The van der Waals surface area contributed by atoms with Crippen molar-refractivity contribution >= 4 is 5.91 Å². The van der Waals surface area contributed by atoms with E-state index in [0.29, 0.717) is 44.4 Å². The van der Waals surface area contributed by atoms with Crippen LogP contribution in [0.25, 0.3) is 0 Å². The van der Waals surface area contributed by atoms with Crippen molar-refractivity contribution in [2.75, 3.05) is 40.5 Å². The monoisotopic (exact) mass is 283 g/mol. The van der Waals surface area contributed by atoms with Gasteiger partial charge in [-0.1, -0.05) is 5.16 Å². The molecule has 1 saturated heterocycles. The van der Waals surface area contributed by atoms with Crippen molar-refractivity contribution in [3.05, 3.63) is 11.7 Å². The van der Waals surface area contributed by atoms with Gasteiger partial charge >= 0.3 is 0 Å². The molecule has 2 atom stereocenters. The van der Waals surface area contributed by atoms with E-state index in [2.05, 4.69) is 10.1 Å². The van der Waals surface area contributed by atoms with Crippen molar-refractivity contribution < 1.29 is 18.8 Å². The van der Waals surface area contributed by atoms with Crippen LogP contribution in [0.3, 0.4) is 0 Å². The van der Waals surface area contributed by atoms with E-state index in [1.54, 1.807) is 21.1 Å². The fraction of sp³-hybridized carbons (Fsp3) is 0.769. The number of aryl methyl sites for hydroxylation is 1. The number of hydrogen-bond acceptors (Lipinski definition) is 6. The van der Waals surface area contributed by atoms with Crippen LogP contribution in [0.5, 0.6) is 0 Å². The summed E-state index contributed by atoms with van der Waals surface area (Å²) in [6.45, 7) is 4.05. The molecule has 7 heteroatoms. The summed E-state index contributed by atoms with van der Waals surface area (Å²) < 4.78 is 15.4. The highest BCUT2D eigenvalue weighted by Gasteiger charge is 2.39. The maximum atomic E-state index is 12.1. The van der Waals surface area contributed by atoms with Crippen LogP contribution in [0.1, 0.15) is 24.1 Å². The van der Waals surface area contributed by atoms with Crippen LogP contribution in [0.15, 0.2) is 4.52 Å². The Morgan fingerprint density at radius 2 is 2.20 bits per heavy atom. The molecule has 1 aromatic rings. The summed E-state index contributed by atoms with van der Waals surface area (Å²) in [7, 11) is 3.25. The lowest BCUT2D eigenvalue weighted by molar-refractivity contribution is -0.131. The van der Waals surface area contributed by atoms with Gasteiger partial charge in [0, 0.05) is 33.2 Å². The Labute approximate surface area is 118 Å². The standard InChI is InChI=1S/C13H21N3O4/c1-9-14-13(20-15-9)11-7-16(6-10(11)8-19-3)12(17)4-5-18-2/h10-11H,4-8H2,1-3H3/t10-,11+/m0/s1. The Morgan fingerprint density at radius 1 is 1.40 bits per heavy atom. The summed E-state index contributed by atoms with van der Waals surface area (Å²) in [6.07, 6.45) is 0.395. The Bertz CT molecular complexity index is 449. The lowest BCUT2D eigenvalue weighted by Crippen LogP contribution is -2.30. The van der Waals surface area contributed by atoms with Gasteiger partial charge in [0.1, 0.15) is 0 Å². The highest BCUT2D eigenvalue weighted by atomic mass is 16.5. The summed E-state index contributed by atoms with van der Waals surface area (Å²) >= 11 is 0. The maximum Gasteiger partial charge on any atom is 0.231 e. The molecule has 2 heterocycles. The molecule has 2 rings (SSSR count). The molecule has 0 unspecified atom stereocenters. The number of carbonyl (C=O) groups excluding carboxylic acids is 1. The zero-order valence-electron chi connectivity index (χ0n) is 12.2. The van der Waals surface area contributed by atoms with Crippen LogP contribution < -0.4 is 0 Å². The summed E-state index contributed by atoms with van der Waals surface area (Å²) in [6, 6.07) is 0. The normalized spacial score (nSPS) is 22.4. The molecular formula is C13H21N3O4. The van der Waals surface area contributed by atoms with Crippen LogP contribution in [0, 0.1) is 12.8 Å². The molecule has 7 nitrogen and oxygen atoms in total. The van der Waals surface area contributed by atoms with E-state index in [4.69, 9.17) is 14.0 Å². The average molecular weight is 283 g/mol. The average Bonchev–Trinajstić information content (AvgIpc) is 3.03. The number of carbonyl (C=O) groups is 1. The molecule has 0 N–H and O–H groups in total. The van der Waals surface area contributed by atoms with E-state index in [1.807, 2.05) is 4.90 Å². The minimum absolute atomic E-state index is 0.0441. The highest BCUT2D eigenvalue weighted by molar-refractivity contribution is 5.76. The van der Waals surface area contributed by atoms with Gasteiger partial charge in [0.05, 0.1) is 25.6 Å². The first-order valence-electron chi connectivity index (χ1n) is 6.71. The van der Waals surface area contributed by atoms with Gasteiger partial charge in [-0.15, -0.1) is 0 Å². The van der Waals surface area contributed by atoms with Gasteiger partial charge in [0.2, 0.25) is 11.8 Å². The number of likely N-dealkylation sites (tertiary alicyclic amines) is 1. The Hall–Kier alpha value is -1.47. The molecule has 112 valence electrons. The second kappa shape index (κ2) is 6.81. The third-order valence-corrected chi connectivity index (χ3v) is 3.55. The summed E-state index contributed by atoms with van der Waals surface area (Å²) in [5, 5.41) is 3.82. The number of aromatic nitrogens is 2. The van der Waals surface area contributed by atoms with Gasteiger partial charge in [0.25, 0.3) is 0 Å². The van der Waals surface area contributed by atoms with Crippen molar-refractivity contribution in [2.24, 2.45) is 5.92 Å². The van der Waals surface area contributed by atoms with Gasteiger partial charge in [0.15, 0.2) is 5.82 Å². The molecule has 1 amide bonds. The van der Waals surface area contributed by atoms with Crippen LogP contribution in [-0.2, 0) is 14.3 Å². The smallest absolute Gasteiger partial charge is 0.231 e. The zero-order valence-corrected chi connectivity index (χ0v) is 12.2. The molecule has 0 aromatic carbocycles. The molecule has 1 aromatic heterocycles. The fourth-order valence-corrected chi connectivity index (χ4v) is 2.55. The third-order valence-electron chi connectivity index (χ3n) is 3.55. The third kappa shape index (κ3) is 3.34. The molecule has 1 fully saturated rings. The zero-order chi connectivity index (χ0) is 14.5. The van der Waals surface area contributed by atoms with Gasteiger partial charge in [-0.25, -0.2) is 0 Å². The fourth-order valence-electron chi connectivity index (χ4n) is 2.55. The number of rotatable bonds is 6. The van der Waals surface area contributed by atoms with E-state index in [-0.39, 0.29) is 17.7 Å². The predicted molar refractivity (Wildman–Crippen MR) is 70.2 cm³/mol. The Morgan fingerprint density at radius 3 is 2.80 bits per heavy atom. The second-order valence-electron chi connectivity index (χ2n) is 5.04. The first-order valence-corrected chi connectivity index (χ1v) is 6.71. The van der Waals surface area contributed by atoms with Crippen LogP contribution in [0.2, 0.25) is 0 Å². The van der Waals surface area contributed by atoms with Gasteiger partial charge in [-0.2, -0.15) is 4.98 Å². The first-order chi connectivity index (χ1) is 9.65. The number of methoxy groups -OCH3 is 2. The quantitative estimate of drug-likeness (QED) is 0.761.